The Kier molecular flexibility index (Phi) is 8.20. The maximum absolute atomic E-state index is 15.3. The van der Waals surface area contributed by atoms with Crippen molar-refractivity contribution in [3.8, 4) is 17.2 Å². The SMILES string of the molecule is CCc1ccc(N2C(=O)C3CC=C4C(CC5C(=O)C(c6ccccc6)=CC(=O)C5(c5ccccc5)C4c4cc(OC)c(O)c(OC)c4)C3C2=O)cc1. The van der Waals surface area contributed by atoms with Crippen LogP contribution in [0, 0.1) is 23.7 Å². The second-order valence-corrected chi connectivity index (χ2v) is 14.1. The Morgan fingerprint density at radius 2 is 1.44 bits per heavy atom. The van der Waals surface area contributed by atoms with Crippen LogP contribution in [0.3, 0.4) is 0 Å². The normalized spacial score (nSPS) is 26.6. The fourth-order valence-electron chi connectivity index (χ4n) is 9.46. The maximum Gasteiger partial charge on any atom is 0.238 e. The fourth-order valence-corrected chi connectivity index (χ4v) is 9.46. The molecule has 1 saturated carbocycles. The summed E-state index contributed by atoms with van der Waals surface area (Å²) >= 11 is 0. The number of aryl methyl sites for hydroxylation is 1. The standard InChI is InChI=1S/C44H39NO7/c1-4-25-15-17-29(18-16-25)45-42(49)31-20-19-30-33(38(31)43(45)50)23-34-40(47)32(26-11-7-5-8-12-26)24-37(46)44(34,28-13-9-6-10-14-28)39(30)27-21-35(51-2)41(48)36(22-27)52-3/h5-19,21-22,24,31,33-34,38-39,48H,4,20,23H2,1-3H3. The highest BCUT2D eigenvalue weighted by atomic mass is 16.5. The van der Waals surface area contributed by atoms with Gasteiger partial charge < -0.3 is 14.6 Å². The molecule has 2 amide bonds. The van der Waals surface area contributed by atoms with Gasteiger partial charge in [-0.25, -0.2) is 0 Å². The molecule has 3 aliphatic carbocycles. The minimum atomic E-state index is -1.42. The zero-order valence-corrected chi connectivity index (χ0v) is 29.2. The molecule has 6 unspecified atom stereocenters. The van der Waals surface area contributed by atoms with E-state index in [1.807, 2.05) is 97.9 Å². The Morgan fingerprint density at radius 1 is 0.808 bits per heavy atom. The Hall–Kier alpha value is -5.76. The summed E-state index contributed by atoms with van der Waals surface area (Å²) in [7, 11) is 2.88. The molecular weight excluding hydrogens is 654 g/mol. The van der Waals surface area contributed by atoms with Crippen LogP contribution in [0.2, 0.25) is 0 Å². The number of phenols is 1. The zero-order valence-electron chi connectivity index (χ0n) is 29.2. The van der Waals surface area contributed by atoms with Crippen LogP contribution in [0.5, 0.6) is 17.2 Å². The molecule has 1 heterocycles. The molecule has 8 nitrogen and oxygen atoms in total. The summed E-state index contributed by atoms with van der Waals surface area (Å²) in [4.78, 5) is 60.5. The van der Waals surface area contributed by atoms with Gasteiger partial charge in [-0.15, -0.1) is 0 Å². The largest absolute Gasteiger partial charge is 0.502 e. The number of imide groups is 1. The monoisotopic (exact) mass is 693 g/mol. The van der Waals surface area contributed by atoms with E-state index in [0.29, 0.717) is 34.4 Å². The highest BCUT2D eigenvalue weighted by Crippen LogP contribution is 2.64. The van der Waals surface area contributed by atoms with E-state index in [1.54, 1.807) is 12.1 Å². The Morgan fingerprint density at radius 3 is 2.06 bits per heavy atom. The Balaban J connectivity index is 1.37. The van der Waals surface area contributed by atoms with Gasteiger partial charge in [-0.3, -0.25) is 24.1 Å². The summed E-state index contributed by atoms with van der Waals surface area (Å²) in [5.74, 6) is -4.40. The van der Waals surface area contributed by atoms with Crippen molar-refractivity contribution in [1.82, 2.24) is 0 Å². The second kappa shape index (κ2) is 12.8. The molecule has 0 spiro atoms. The number of hydrogen-bond donors (Lipinski definition) is 1. The maximum atomic E-state index is 15.3. The number of methoxy groups -OCH3 is 2. The number of hydrogen-bond acceptors (Lipinski definition) is 7. The number of phenolic OH excluding ortho intramolecular Hbond substituents is 1. The molecule has 52 heavy (non-hydrogen) atoms. The van der Waals surface area contributed by atoms with Crippen molar-refractivity contribution < 1.29 is 33.8 Å². The molecule has 0 aromatic heterocycles. The summed E-state index contributed by atoms with van der Waals surface area (Å²) in [5.41, 5.74) is 3.26. The van der Waals surface area contributed by atoms with Crippen LogP contribution in [0.4, 0.5) is 5.69 Å². The van der Waals surface area contributed by atoms with Crippen molar-refractivity contribution in [2.75, 3.05) is 19.1 Å². The fraction of sp³-hybridized carbons (Fsp3) is 0.273. The van der Waals surface area contributed by atoms with E-state index in [1.165, 1.54) is 25.2 Å². The van der Waals surface area contributed by atoms with E-state index in [-0.39, 0.29) is 47.1 Å². The minimum Gasteiger partial charge on any atom is -0.502 e. The lowest BCUT2D eigenvalue weighted by Gasteiger charge is -2.55. The quantitative estimate of drug-likeness (QED) is 0.164. The summed E-state index contributed by atoms with van der Waals surface area (Å²) in [6.45, 7) is 2.05. The lowest BCUT2D eigenvalue weighted by Crippen LogP contribution is -2.58. The second-order valence-electron chi connectivity index (χ2n) is 14.1. The van der Waals surface area contributed by atoms with E-state index in [2.05, 4.69) is 0 Å². The number of Topliss-reactive ketones (excluding diaryl/α,β-unsaturated/α-hetero) is 1. The van der Waals surface area contributed by atoms with Gasteiger partial charge in [0, 0.05) is 17.4 Å². The molecular formula is C44H39NO7. The van der Waals surface area contributed by atoms with Gasteiger partial charge in [0.25, 0.3) is 0 Å². The van der Waals surface area contributed by atoms with Crippen LogP contribution in [-0.4, -0.2) is 42.7 Å². The Labute approximate surface area is 302 Å². The minimum absolute atomic E-state index is 0.148. The number of ketones is 2. The molecule has 262 valence electrons. The first-order valence-electron chi connectivity index (χ1n) is 17.8. The van der Waals surface area contributed by atoms with Crippen LogP contribution >= 0.6 is 0 Å². The summed E-state index contributed by atoms with van der Waals surface area (Å²) in [6.07, 6.45) is 4.83. The van der Waals surface area contributed by atoms with Crippen molar-refractivity contribution in [2.24, 2.45) is 23.7 Å². The predicted molar refractivity (Wildman–Crippen MR) is 196 cm³/mol. The average Bonchev–Trinajstić information content (AvgIpc) is 3.44. The molecule has 1 aliphatic heterocycles. The van der Waals surface area contributed by atoms with Gasteiger partial charge in [-0.05, 0) is 77.8 Å². The first-order chi connectivity index (χ1) is 25.2. The van der Waals surface area contributed by atoms with Gasteiger partial charge in [0.1, 0.15) is 0 Å². The summed E-state index contributed by atoms with van der Waals surface area (Å²) in [5, 5.41) is 11.0. The number of nitrogens with zero attached hydrogens (tertiary/aromatic N) is 1. The molecule has 4 aromatic carbocycles. The van der Waals surface area contributed by atoms with Gasteiger partial charge in [0.05, 0.1) is 37.2 Å². The van der Waals surface area contributed by atoms with Crippen LogP contribution in [0.1, 0.15) is 47.9 Å². The van der Waals surface area contributed by atoms with Crippen LogP contribution in [0.25, 0.3) is 5.57 Å². The summed E-state index contributed by atoms with van der Waals surface area (Å²) in [6, 6.07) is 29.4. The lowest BCUT2D eigenvalue weighted by molar-refractivity contribution is -0.135. The first kappa shape index (κ1) is 33.4. The molecule has 4 aliphatic rings. The average molecular weight is 694 g/mol. The van der Waals surface area contributed by atoms with Gasteiger partial charge >= 0.3 is 0 Å². The highest BCUT2D eigenvalue weighted by molar-refractivity contribution is 6.32. The van der Waals surface area contributed by atoms with Crippen molar-refractivity contribution in [3.05, 3.63) is 137 Å². The lowest BCUT2D eigenvalue weighted by atomic mass is 9.44. The van der Waals surface area contributed by atoms with E-state index in [4.69, 9.17) is 9.47 Å². The number of carbonyl (C=O) groups excluding carboxylic acids is 4. The first-order valence-corrected chi connectivity index (χ1v) is 17.8. The number of amides is 2. The molecule has 8 heteroatoms. The molecule has 6 atom stereocenters. The molecule has 1 saturated heterocycles. The van der Waals surface area contributed by atoms with Crippen LogP contribution < -0.4 is 14.4 Å². The van der Waals surface area contributed by atoms with Gasteiger partial charge in [0.15, 0.2) is 23.1 Å². The molecule has 1 N–H and O–H groups in total. The predicted octanol–water partition coefficient (Wildman–Crippen LogP) is 7.00. The zero-order chi connectivity index (χ0) is 36.3. The topological polar surface area (TPSA) is 110 Å². The number of benzene rings is 4. The van der Waals surface area contributed by atoms with E-state index < -0.39 is 35.0 Å². The Bertz CT molecular complexity index is 2150. The van der Waals surface area contributed by atoms with Crippen LogP contribution in [-0.2, 0) is 31.0 Å². The molecule has 8 rings (SSSR count). The highest BCUT2D eigenvalue weighted by Gasteiger charge is 2.66. The molecule has 0 radical (unpaired) electrons. The third-order valence-electron chi connectivity index (χ3n) is 11.8. The number of ether oxygens (including phenoxy) is 2. The third kappa shape index (κ3) is 4.80. The van der Waals surface area contributed by atoms with Gasteiger partial charge in [-0.1, -0.05) is 91.4 Å². The molecule has 4 aromatic rings. The molecule has 0 bridgehead atoms. The van der Waals surface area contributed by atoms with E-state index in [9.17, 15) is 14.7 Å². The number of allylic oxidation sites excluding steroid dienone is 4. The van der Waals surface area contributed by atoms with Gasteiger partial charge in [0.2, 0.25) is 17.6 Å². The number of aromatic hydroxyl groups is 1. The third-order valence-corrected chi connectivity index (χ3v) is 11.8. The number of carbonyl (C=O) groups is 4. The van der Waals surface area contributed by atoms with Crippen LogP contribution in [0.15, 0.2) is 115 Å². The van der Waals surface area contributed by atoms with Crippen molar-refractivity contribution in [1.29, 1.82) is 0 Å². The van der Waals surface area contributed by atoms with Gasteiger partial charge in [-0.2, -0.15) is 0 Å². The van der Waals surface area contributed by atoms with E-state index in [0.717, 1.165) is 17.6 Å². The molecule has 2 fully saturated rings. The number of rotatable bonds is 7. The van der Waals surface area contributed by atoms with Crippen molar-refractivity contribution in [2.45, 2.75) is 37.5 Å². The smallest absolute Gasteiger partial charge is 0.238 e. The summed E-state index contributed by atoms with van der Waals surface area (Å²) < 4.78 is 11.2. The number of fused-ring (bicyclic) bond motifs is 4. The van der Waals surface area contributed by atoms with Crippen molar-refractivity contribution >= 4 is 34.6 Å². The van der Waals surface area contributed by atoms with E-state index >= 15 is 9.59 Å². The van der Waals surface area contributed by atoms with Crippen molar-refractivity contribution in [3.63, 3.8) is 0 Å². The number of anilines is 1.